The highest BCUT2D eigenvalue weighted by atomic mass is 32.1. The number of ether oxygens (including phenoxy) is 1. The highest BCUT2D eigenvalue weighted by molar-refractivity contribution is 7.59. The third kappa shape index (κ3) is 5.64. The van der Waals surface area contributed by atoms with Gasteiger partial charge in [-0.3, -0.25) is 9.69 Å². The molecule has 1 fully saturated rings. The van der Waals surface area contributed by atoms with E-state index in [2.05, 4.69) is 16.3 Å². The summed E-state index contributed by atoms with van der Waals surface area (Å²) in [6, 6.07) is 7.72. The number of fused-ring (bicyclic) bond motifs is 4. The number of aryl methyl sites for hydroxylation is 1. The number of aldehydes is 1. The van der Waals surface area contributed by atoms with E-state index in [4.69, 9.17) is 9.72 Å². The number of piperazine rings is 1. The Kier molecular flexibility index (Phi) is 9.67. The molecule has 0 saturated carbocycles. The molecule has 0 atom stereocenters. The van der Waals surface area contributed by atoms with E-state index in [1.807, 2.05) is 26.0 Å². The molecule has 3 aromatic rings. The van der Waals surface area contributed by atoms with Crippen LogP contribution in [0.15, 0.2) is 29.1 Å². The SMILES string of the molecule is CCCC=O.COCc1c(C)cc2n(c1=O)Cc1cc3c(CN4CCNCC4)c(O)ccc3nc1-2.S. The summed E-state index contributed by atoms with van der Waals surface area (Å²) in [7, 11) is 1.60. The standard InChI is InChI=1S/C23H26N4O3.C4H8O.H2S/c1-14-9-20-22-15(11-27(20)23(29)18(14)13-30-2)10-16-17(12-26-7-5-24-6-8-26)21(28)4-3-19(16)25-22;1-2-3-4-5;/h3-4,9-10,24,28H,5-8,11-13H2,1-2H3;4H,2-3H2,1H3;1H2. The lowest BCUT2D eigenvalue weighted by atomic mass is 10.0. The van der Waals surface area contributed by atoms with E-state index in [0.29, 0.717) is 37.4 Å². The van der Waals surface area contributed by atoms with E-state index in [-0.39, 0.29) is 19.1 Å². The zero-order chi connectivity index (χ0) is 24.9. The molecule has 0 radical (unpaired) electrons. The number of carbonyl (C=O) groups excluding carboxylic acids is 1. The molecule has 1 aromatic carbocycles. The Morgan fingerprint density at radius 2 is 1.94 bits per heavy atom. The van der Waals surface area contributed by atoms with Crippen molar-refractivity contribution in [3.05, 3.63) is 56.9 Å². The molecule has 0 unspecified atom stereocenters. The minimum Gasteiger partial charge on any atom is -0.508 e. The molecule has 194 valence electrons. The van der Waals surface area contributed by atoms with Gasteiger partial charge in [-0.15, -0.1) is 0 Å². The maximum absolute atomic E-state index is 13.0. The molecule has 2 aromatic heterocycles. The van der Waals surface area contributed by atoms with E-state index in [1.54, 1.807) is 17.7 Å². The van der Waals surface area contributed by atoms with Crippen LogP contribution in [0.4, 0.5) is 0 Å². The number of nitrogens with one attached hydrogen (secondary N) is 1. The van der Waals surface area contributed by atoms with Crippen molar-refractivity contribution in [2.24, 2.45) is 0 Å². The number of phenolic OH excluding ortho intramolecular Hbond substituents is 1. The molecule has 2 aliphatic rings. The van der Waals surface area contributed by atoms with Gasteiger partial charge in [-0.1, -0.05) is 6.92 Å². The summed E-state index contributed by atoms with van der Waals surface area (Å²) in [6.45, 7) is 9.24. The average Bonchev–Trinajstić information content (AvgIpc) is 3.21. The maximum Gasteiger partial charge on any atom is 0.257 e. The van der Waals surface area contributed by atoms with Crippen molar-refractivity contribution in [1.82, 2.24) is 19.8 Å². The molecule has 0 amide bonds. The smallest absolute Gasteiger partial charge is 0.257 e. The third-order valence-corrected chi connectivity index (χ3v) is 6.65. The molecular formula is C27H36N4O4S. The minimum atomic E-state index is -0.0159. The average molecular weight is 513 g/mol. The molecule has 0 bridgehead atoms. The van der Waals surface area contributed by atoms with Crippen LogP contribution in [0.1, 0.15) is 42.0 Å². The Morgan fingerprint density at radius 1 is 1.19 bits per heavy atom. The van der Waals surface area contributed by atoms with Crippen LogP contribution in [0.25, 0.3) is 22.3 Å². The zero-order valence-corrected chi connectivity index (χ0v) is 22.3. The molecule has 1 saturated heterocycles. The van der Waals surface area contributed by atoms with Gasteiger partial charge in [0.15, 0.2) is 0 Å². The minimum absolute atomic E-state index is 0. The second-order valence-electron chi connectivity index (χ2n) is 9.12. The van der Waals surface area contributed by atoms with Crippen LogP contribution in [0.2, 0.25) is 0 Å². The first-order valence-corrected chi connectivity index (χ1v) is 12.2. The molecule has 9 heteroatoms. The summed E-state index contributed by atoms with van der Waals surface area (Å²) in [6.07, 6.45) is 2.61. The molecule has 0 aliphatic carbocycles. The number of methoxy groups -OCH3 is 1. The highest BCUT2D eigenvalue weighted by Gasteiger charge is 2.25. The van der Waals surface area contributed by atoms with Gasteiger partial charge in [0.2, 0.25) is 0 Å². The largest absolute Gasteiger partial charge is 0.508 e. The number of pyridine rings is 2. The summed E-state index contributed by atoms with van der Waals surface area (Å²) < 4.78 is 7.01. The number of aromatic nitrogens is 2. The number of carbonyl (C=O) groups is 1. The monoisotopic (exact) mass is 512 g/mol. The fourth-order valence-corrected chi connectivity index (χ4v) is 4.71. The van der Waals surface area contributed by atoms with E-state index in [9.17, 15) is 14.7 Å². The Hall–Kier alpha value is -2.72. The molecule has 8 nitrogen and oxygen atoms in total. The third-order valence-electron chi connectivity index (χ3n) is 6.65. The number of benzene rings is 1. The maximum atomic E-state index is 13.0. The second kappa shape index (κ2) is 12.5. The Morgan fingerprint density at radius 3 is 2.58 bits per heavy atom. The fourth-order valence-electron chi connectivity index (χ4n) is 4.71. The number of phenols is 1. The first-order chi connectivity index (χ1) is 17.0. The lowest BCUT2D eigenvalue weighted by molar-refractivity contribution is -0.107. The van der Waals surface area contributed by atoms with Gasteiger partial charge in [0.25, 0.3) is 5.56 Å². The van der Waals surface area contributed by atoms with Gasteiger partial charge in [-0.25, -0.2) is 4.98 Å². The Bertz CT molecular complexity index is 1290. The molecule has 2 aliphatic heterocycles. The molecule has 2 N–H and O–H groups in total. The van der Waals surface area contributed by atoms with E-state index < -0.39 is 0 Å². The molecular weight excluding hydrogens is 476 g/mol. The topological polar surface area (TPSA) is 96.7 Å². The number of unbranched alkanes of at least 4 members (excludes halogenated alkanes) is 1. The van der Waals surface area contributed by atoms with Gasteiger partial charge in [-0.2, -0.15) is 13.5 Å². The Labute approximate surface area is 218 Å². The van der Waals surface area contributed by atoms with E-state index in [1.165, 1.54) is 0 Å². The molecule has 36 heavy (non-hydrogen) atoms. The number of hydrogen-bond donors (Lipinski definition) is 2. The van der Waals surface area contributed by atoms with Crippen molar-refractivity contribution in [1.29, 1.82) is 0 Å². The van der Waals surface area contributed by atoms with Crippen molar-refractivity contribution >= 4 is 30.7 Å². The zero-order valence-electron chi connectivity index (χ0n) is 21.3. The van der Waals surface area contributed by atoms with Gasteiger partial charge in [0.1, 0.15) is 12.0 Å². The van der Waals surface area contributed by atoms with Crippen LogP contribution in [0, 0.1) is 6.92 Å². The number of aromatic hydroxyl groups is 1. The van der Waals surface area contributed by atoms with Gasteiger partial charge >= 0.3 is 0 Å². The van der Waals surface area contributed by atoms with Crippen LogP contribution >= 0.6 is 13.5 Å². The quantitative estimate of drug-likeness (QED) is 0.383. The summed E-state index contributed by atoms with van der Waals surface area (Å²) >= 11 is 0. The molecule has 4 heterocycles. The normalized spacial score (nSPS) is 14.4. The van der Waals surface area contributed by atoms with Crippen LogP contribution in [-0.4, -0.2) is 59.1 Å². The highest BCUT2D eigenvalue weighted by Crippen LogP contribution is 2.35. The lowest BCUT2D eigenvalue weighted by Crippen LogP contribution is -2.42. The van der Waals surface area contributed by atoms with Crippen molar-refractivity contribution in [2.75, 3.05) is 33.3 Å². The van der Waals surface area contributed by atoms with Crippen LogP contribution in [-0.2, 0) is 29.2 Å². The first-order valence-electron chi connectivity index (χ1n) is 12.2. The predicted octanol–water partition coefficient (Wildman–Crippen LogP) is 3.09. The summed E-state index contributed by atoms with van der Waals surface area (Å²) in [5.41, 5.74) is 6.07. The van der Waals surface area contributed by atoms with Crippen LogP contribution < -0.4 is 10.9 Å². The van der Waals surface area contributed by atoms with Gasteiger partial charge in [0, 0.05) is 68.3 Å². The van der Waals surface area contributed by atoms with E-state index in [0.717, 1.165) is 77.9 Å². The summed E-state index contributed by atoms with van der Waals surface area (Å²) in [5.74, 6) is 0.300. The molecule has 5 rings (SSSR count). The Balaban J connectivity index is 0.000000551. The van der Waals surface area contributed by atoms with Crippen molar-refractivity contribution < 1.29 is 14.6 Å². The van der Waals surface area contributed by atoms with Crippen molar-refractivity contribution in [3.8, 4) is 17.1 Å². The van der Waals surface area contributed by atoms with Crippen LogP contribution in [0.5, 0.6) is 5.75 Å². The predicted molar refractivity (Wildman–Crippen MR) is 147 cm³/mol. The van der Waals surface area contributed by atoms with E-state index >= 15 is 0 Å². The molecule has 0 spiro atoms. The number of hydrogen-bond acceptors (Lipinski definition) is 7. The van der Waals surface area contributed by atoms with Gasteiger partial charge in [0.05, 0.1) is 30.1 Å². The lowest BCUT2D eigenvalue weighted by Gasteiger charge is -2.27. The van der Waals surface area contributed by atoms with Gasteiger partial charge in [-0.05, 0) is 43.2 Å². The summed E-state index contributed by atoms with van der Waals surface area (Å²) in [5, 5.41) is 14.9. The van der Waals surface area contributed by atoms with Crippen molar-refractivity contribution in [3.63, 3.8) is 0 Å². The number of rotatable bonds is 6. The second-order valence-corrected chi connectivity index (χ2v) is 9.12. The first kappa shape index (κ1) is 27.9. The van der Waals surface area contributed by atoms with Crippen molar-refractivity contribution in [2.45, 2.75) is 46.4 Å². The van der Waals surface area contributed by atoms with Gasteiger partial charge < -0.3 is 24.5 Å². The number of nitrogens with zero attached hydrogens (tertiary/aromatic N) is 3. The fraction of sp³-hybridized carbons (Fsp3) is 0.444. The summed E-state index contributed by atoms with van der Waals surface area (Å²) in [4.78, 5) is 29.7. The van der Waals surface area contributed by atoms with Crippen LogP contribution in [0.3, 0.4) is 0 Å².